The van der Waals surface area contributed by atoms with Crippen molar-refractivity contribution in [3.05, 3.63) is 59.9 Å². The number of para-hydroxylation sites is 1. The summed E-state index contributed by atoms with van der Waals surface area (Å²) in [6, 6.07) is 14.7. The largest absolute Gasteiger partial charge is 0.386 e. The van der Waals surface area contributed by atoms with Crippen molar-refractivity contribution >= 4 is 29.3 Å². The number of nitrogens with zero attached hydrogens (tertiary/aromatic N) is 3. The van der Waals surface area contributed by atoms with Crippen LogP contribution in [0.4, 0.5) is 15.8 Å². The Bertz CT molecular complexity index is 1060. The van der Waals surface area contributed by atoms with E-state index in [1.165, 1.54) is 41.7 Å². The van der Waals surface area contributed by atoms with Crippen molar-refractivity contribution in [1.29, 1.82) is 0 Å². The zero-order valence-corrected chi connectivity index (χ0v) is 19.4. The van der Waals surface area contributed by atoms with E-state index < -0.39 is 11.8 Å². The first-order chi connectivity index (χ1) is 16.4. The van der Waals surface area contributed by atoms with Gasteiger partial charge in [-0.1, -0.05) is 18.2 Å². The number of hydrogen-bond donors (Lipinski definition) is 3. The van der Waals surface area contributed by atoms with Gasteiger partial charge in [-0.2, -0.15) is 0 Å². The van der Waals surface area contributed by atoms with Crippen LogP contribution in [-0.2, 0) is 11.2 Å². The van der Waals surface area contributed by atoms with Crippen molar-refractivity contribution in [1.82, 2.24) is 0 Å². The molecule has 1 heterocycles. The van der Waals surface area contributed by atoms with Gasteiger partial charge in [0.05, 0.1) is 11.2 Å². The van der Waals surface area contributed by atoms with Gasteiger partial charge >= 0.3 is 0 Å². The molecule has 180 valence electrons. The second-order valence-corrected chi connectivity index (χ2v) is 9.24. The van der Waals surface area contributed by atoms with Gasteiger partial charge in [0.25, 0.3) is 0 Å². The molecule has 2 aromatic carbocycles. The second-order valence-electron chi connectivity index (χ2n) is 9.24. The van der Waals surface area contributed by atoms with Crippen LogP contribution in [0.1, 0.15) is 37.7 Å². The predicted molar refractivity (Wildman–Crippen MR) is 135 cm³/mol. The average molecular weight is 465 g/mol. The summed E-state index contributed by atoms with van der Waals surface area (Å²) < 4.78 is 13.2. The lowest BCUT2D eigenvalue weighted by Gasteiger charge is -2.41. The summed E-state index contributed by atoms with van der Waals surface area (Å²) in [6.07, 6.45) is 7.12. The number of aliphatic imine (C=N–C) groups is 2. The average Bonchev–Trinajstić information content (AvgIpc) is 3.25. The highest BCUT2D eigenvalue weighted by molar-refractivity contribution is 6.14. The Labute approximate surface area is 199 Å². The first kappa shape index (κ1) is 23.9. The Morgan fingerprint density at radius 1 is 1.15 bits per heavy atom. The minimum atomic E-state index is -0.942. The Morgan fingerprint density at radius 2 is 1.85 bits per heavy atom. The lowest BCUT2D eigenvalue weighted by molar-refractivity contribution is -0.118. The number of hydrogen-bond acceptors (Lipinski definition) is 5. The number of amidine groups is 1. The number of amides is 1. The molecular formula is C26H33FN6O. The Morgan fingerprint density at radius 3 is 2.53 bits per heavy atom. The molecule has 8 heteroatoms. The standard InChI is InChI=1S/C26H33FN6O/c27-19-5-7-20(8-6-19)32-24(29)22(25(30)34)17-31-26(14-15-28)12-9-21(10-13-26)33-16-11-18-3-1-2-4-23(18)33/h1-8,17,21-22H,9-16,28H2,(H2,29,32)(H2,30,34). The van der Waals surface area contributed by atoms with Gasteiger partial charge in [0, 0.05) is 24.5 Å². The third-order valence-electron chi connectivity index (χ3n) is 7.07. The van der Waals surface area contributed by atoms with E-state index in [0.717, 1.165) is 45.1 Å². The minimum absolute atomic E-state index is 0.0353. The van der Waals surface area contributed by atoms with E-state index >= 15 is 0 Å². The van der Waals surface area contributed by atoms with Gasteiger partial charge in [-0.3, -0.25) is 9.79 Å². The van der Waals surface area contributed by atoms with Crippen LogP contribution in [0, 0.1) is 11.7 Å². The molecule has 1 aliphatic heterocycles. The molecule has 0 bridgehead atoms. The molecule has 1 unspecified atom stereocenters. The van der Waals surface area contributed by atoms with Crippen LogP contribution in [0.3, 0.4) is 0 Å². The molecule has 0 aromatic heterocycles. The van der Waals surface area contributed by atoms with Crippen LogP contribution in [0.2, 0.25) is 0 Å². The topological polar surface area (TPSA) is 123 Å². The van der Waals surface area contributed by atoms with Crippen LogP contribution in [0.15, 0.2) is 58.5 Å². The van der Waals surface area contributed by atoms with E-state index in [4.69, 9.17) is 22.2 Å². The van der Waals surface area contributed by atoms with E-state index in [1.54, 1.807) is 0 Å². The monoisotopic (exact) mass is 464 g/mol. The summed E-state index contributed by atoms with van der Waals surface area (Å²) in [5.74, 6) is -1.91. The van der Waals surface area contributed by atoms with Crippen LogP contribution < -0.4 is 22.1 Å². The fourth-order valence-corrected chi connectivity index (χ4v) is 5.17. The highest BCUT2D eigenvalue weighted by Crippen LogP contribution is 2.40. The van der Waals surface area contributed by atoms with E-state index in [0.29, 0.717) is 18.3 Å². The first-order valence-electron chi connectivity index (χ1n) is 11.9. The number of benzene rings is 2. The summed E-state index contributed by atoms with van der Waals surface area (Å²) in [7, 11) is 0. The van der Waals surface area contributed by atoms with E-state index in [2.05, 4.69) is 34.2 Å². The van der Waals surface area contributed by atoms with Crippen molar-refractivity contribution < 1.29 is 9.18 Å². The van der Waals surface area contributed by atoms with E-state index in [1.807, 2.05) is 0 Å². The predicted octanol–water partition coefficient (Wildman–Crippen LogP) is 3.08. The maximum Gasteiger partial charge on any atom is 0.233 e. The molecule has 2 aromatic rings. The van der Waals surface area contributed by atoms with Crippen molar-refractivity contribution in [2.75, 3.05) is 18.0 Å². The van der Waals surface area contributed by atoms with Crippen LogP contribution in [0.5, 0.6) is 0 Å². The number of carbonyl (C=O) groups excluding carboxylic acids is 1. The quantitative estimate of drug-likeness (QED) is 0.410. The number of primary amides is 1. The van der Waals surface area contributed by atoms with E-state index in [-0.39, 0.29) is 17.2 Å². The number of halogens is 1. The molecule has 1 saturated carbocycles. The van der Waals surface area contributed by atoms with Crippen molar-refractivity contribution in [2.24, 2.45) is 33.1 Å². The van der Waals surface area contributed by atoms with Gasteiger partial charge in [0.2, 0.25) is 5.91 Å². The van der Waals surface area contributed by atoms with Crippen molar-refractivity contribution in [2.45, 2.75) is 50.1 Å². The molecular weight excluding hydrogens is 431 g/mol. The van der Waals surface area contributed by atoms with Gasteiger partial charge in [0.15, 0.2) is 0 Å². The second kappa shape index (κ2) is 10.3. The molecule has 1 atom stereocenters. The van der Waals surface area contributed by atoms with Crippen molar-refractivity contribution in [3.63, 3.8) is 0 Å². The summed E-state index contributed by atoms with van der Waals surface area (Å²) in [6.45, 7) is 1.56. The van der Waals surface area contributed by atoms with Crippen LogP contribution in [-0.4, -0.2) is 42.6 Å². The Kier molecular flexibility index (Phi) is 7.26. The zero-order chi connectivity index (χ0) is 24.1. The molecule has 1 aliphatic carbocycles. The Balaban J connectivity index is 1.47. The zero-order valence-electron chi connectivity index (χ0n) is 19.4. The molecule has 0 radical (unpaired) electrons. The van der Waals surface area contributed by atoms with Crippen LogP contribution >= 0.6 is 0 Å². The summed E-state index contributed by atoms with van der Waals surface area (Å²) >= 11 is 0. The first-order valence-corrected chi connectivity index (χ1v) is 11.9. The Hall–Kier alpha value is -3.26. The van der Waals surface area contributed by atoms with Crippen molar-refractivity contribution in [3.8, 4) is 0 Å². The maximum absolute atomic E-state index is 13.2. The maximum atomic E-state index is 13.2. The van der Waals surface area contributed by atoms with Gasteiger partial charge in [0.1, 0.15) is 17.6 Å². The number of carbonyl (C=O) groups is 1. The molecule has 2 aliphatic rings. The molecule has 7 nitrogen and oxygen atoms in total. The van der Waals surface area contributed by atoms with Gasteiger partial charge in [-0.25, -0.2) is 9.38 Å². The molecule has 4 rings (SSSR count). The smallest absolute Gasteiger partial charge is 0.233 e. The van der Waals surface area contributed by atoms with Gasteiger partial charge in [-0.05, 0) is 81.0 Å². The molecule has 1 amide bonds. The SMILES string of the molecule is NCCC1(N=CC(C(N)=O)C(N)=Nc2ccc(F)cc2)CCC(N2CCc3ccccc32)CC1. The summed E-state index contributed by atoms with van der Waals surface area (Å²) in [5.41, 5.74) is 20.5. The number of fused-ring (bicyclic) bond motifs is 1. The van der Waals surface area contributed by atoms with Gasteiger partial charge in [-0.15, -0.1) is 0 Å². The highest BCUT2D eigenvalue weighted by atomic mass is 19.1. The normalized spacial score (nSPS) is 23.8. The molecule has 0 saturated heterocycles. The fourth-order valence-electron chi connectivity index (χ4n) is 5.17. The fraction of sp³-hybridized carbons (Fsp3) is 0.423. The molecule has 34 heavy (non-hydrogen) atoms. The third-order valence-corrected chi connectivity index (χ3v) is 7.07. The number of anilines is 1. The van der Waals surface area contributed by atoms with Crippen LogP contribution in [0.25, 0.3) is 0 Å². The lowest BCUT2D eigenvalue weighted by Crippen LogP contribution is -2.44. The van der Waals surface area contributed by atoms with E-state index in [9.17, 15) is 9.18 Å². The number of rotatable bonds is 8. The summed E-state index contributed by atoms with van der Waals surface area (Å²) in [4.78, 5) is 23.8. The molecule has 6 N–H and O–H groups in total. The van der Waals surface area contributed by atoms with Gasteiger partial charge < -0.3 is 22.1 Å². The lowest BCUT2D eigenvalue weighted by atomic mass is 9.77. The minimum Gasteiger partial charge on any atom is -0.386 e. The number of nitrogens with two attached hydrogens (primary N) is 3. The highest BCUT2D eigenvalue weighted by Gasteiger charge is 2.37. The molecule has 1 fully saturated rings. The molecule has 0 spiro atoms. The third kappa shape index (κ3) is 5.28. The summed E-state index contributed by atoms with van der Waals surface area (Å²) in [5, 5.41) is 0.